The quantitative estimate of drug-likeness (QED) is 0.825. The van der Waals surface area contributed by atoms with Crippen molar-refractivity contribution in [3.05, 3.63) is 29.6 Å². The number of likely N-dealkylation sites (tertiary alicyclic amines) is 1. The molecule has 2 atom stereocenters. The van der Waals surface area contributed by atoms with Gasteiger partial charge >= 0.3 is 6.18 Å². The predicted molar refractivity (Wildman–Crippen MR) is 84.1 cm³/mol. The number of carbonyl (C=O) groups excluding carboxylic acids is 1. The summed E-state index contributed by atoms with van der Waals surface area (Å²) in [5.74, 6) is 0.825. The zero-order chi connectivity index (χ0) is 15.0. The van der Waals surface area contributed by atoms with Crippen LogP contribution in [0.3, 0.4) is 0 Å². The lowest BCUT2D eigenvalue weighted by molar-refractivity contribution is -0.141. The molecule has 1 amide bonds. The lowest BCUT2D eigenvalue weighted by Gasteiger charge is -2.34. The number of halogens is 5. The fourth-order valence-electron chi connectivity index (χ4n) is 3.09. The Morgan fingerprint density at radius 2 is 1.91 bits per heavy atom. The molecule has 0 aromatic carbocycles. The van der Waals surface area contributed by atoms with Crippen molar-refractivity contribution in [2.24, 2.45) is 11.8 Å². The Hall–Kier alpha value is -1.05. The van der Waals surface area contributed by atoms with Crippen LogP contribution in [0.2, 0.25) is 0 Å². The van der Waals surface area contributed by atoms with Gasteiger partial charge in [-0.05, 0) is 43.5 Å². The maximum absolute atomic E-state index is 12.5. The van der Waals surface area contributed by atoms with Crippen LogP contribution in [0, 0.1) is 11.8 Å². The maximum atomic E-state index is 12.5. The van der Waals surface area contributed by atoms with Crippen molar-refractivity contribution in [2.75, 3.05) is 26.2 Å². The van der Waals surface area contributed by atoms with Gasteiger partial charge < -0.3 is 10.2 Å². The van der Waals surface area contributed by atoms with Gasteiger partial charge in [-0.3, -0.25) is 9.78 Å². The summed E-state index contributed by atoms with van der Waals surface area (Å²) in [4.78, 5) is 17.4. The van der Waals surface area contributed by atoms with Gasteiger partial charge in [0.15, 0.2) is 0 Å². The van der Waals surface area contributed by atoms with Crippen LogP contribution in [-0.2, 0) is 6.18 Å². The van der Waals surface area contributed by atoms with Gasteiger partial charge in [-0.2, -0.15) is 13.2 Å². The Balaban J connectivity index is 0.00000132. The molecule has 0 bridgehead atoms. The molecule has 2 fully saturated rings. The van der Waals surface area contributed by atoms with E-state index in [-0.39, 0.29) is 36.3 Å². The average Bonchev–Trinajstić information content (AvgIpc) is 2.93. The zero-order valence-corrected chi connectivity index (χ0v) is 13.8. The zero-order valence-electron chi connectivity index (χ0n) is 12.2. The van der Waals surface area contributed by atoms with Crippen LogP contribution in [0.1, 0.15) is 22.5 Å². The van der Waals surface area contributed by atoms with E-state index >= 15 is 0 Å². The highest BCUT2D eigenvalue weighted by Gasteiger charge is 2.35. The van der Waals surface area contributed by atoms with E-state index in [9.17, 15) is 18.0 Å². The molecule has 130 valence electrons. The first-order chi connectivity index (χ1) is 9.95. The number of aromatic nitrogens is 1. The number of carbonyl (C=O) groups is 1. The summed E-state index contributed by atoms with van der Waals surface area (Å²) in [7, 11) is 0. The Kier molecular flexibility index (Phi) is 6.68. The largest absolute Gasteiger partial charge is 0.433 e. The molecule has 4 nitrogen and oxygen atoms in total. The molecule has 1 aromatic heterocycles. The van der Waals surface area contributed by atoms with Crippen molar-refractivity contribution in [3.63, 3.8) is 0 Å². The van der Waals surface area contributed by atoms with Gasteiger partial charge in [-0.15, -0.1) is 24.8 Å². The van der Waals surface area contributed by atoms with E-state index in [1.807, 2.05) is 0 Å². The third-order valence-corrected chi connectivity index (χ3v) is 4.29. The molecule has 9 heteroatoms. The number of piperidine rings is 1. The van der Waals surface area contributed by atoms with E-state index < -0.39 is 11.9 Å². The molecule has 0 saturated carbocycles. The molecule has 3 rings (SSSR count). The molecule has 2 aliphatic rings. The molecule has 2 aliphatic heterocycles. The molecule has 23 heavy (non-hydrogen) atoms. The van der Waals surface area contributed by atoms with Gasteiger partial charge in [0, 0.05) is 19.3 Å². The van der Waals surface area contributed by atoms with Gasteiger partial charge in [0.1, 0.15) is 5.69 Å². The molecule has 0 aliphatic carbocycles. The first-order valence-electron chi connectivity index (χ1n) is 6.98. The fourth-order valence-corrected chi connectivity index (χ4v) is 3.09. The highest BCUT2D eigenvalue weighted by Crippen LogP contribution is 2.29. The van der Waals surface area contributed by atoms with Crippen molar-refractivity contribution in [3.8, 4) is 0 Å². The van der Waals surface area contributed by atoms with Crippen LogP contribution in [-0.4, -0.2) is 42.0 Å². The number of hydrogen-bond donors (Lipinski definition) is 1. The molecule has 3 heterocycles. The molecular weight excluding hydrogens is 354 g/mol. The van der Waals surface area contributed by atoms with Crippen LogP contribution in [0.4, 0.5) is 13.2 Å². The van der Waals surface area contributed by atoms with Crippen LogP contribution in [0.15, 0.2) is 18.3 Å². The minimum Gasteiger partial charge on any atom is -0.338 e. The minimum absolute atomic E-state index is 0. The Labute approximate surface area is 144 Å². The van der Waals surface area contributed by atoms with Crippen molar-refractivity contribution in [1.29, 1.82) is 0 Å². The van der Waals surface area contributed by atoms with Gasteiger partial charge in [-0.25, -0.2) is 0 Å². The summed E-state index contributed by atoms with van der Waals surface area (Å²) in [6.45, 7) is 3.22. The fraction of sp³-hybridized carbons (Fsp3) is 0.571. The highest BCUT2D eigenvalue weighted by atomic mass is 35.5. The number of nitrogens with one attached hydrogen (secondary N) is 1. The number of hydrogen-bond acceptors (Lipinski definition) is 3. The van der Waals surface area contributed by atoms with Gasteiger partial charge in [0.2, 0.25) is 0 Å². The molecule has 2 unspecified atom stereocenters. The third kappa shape index (κ3) is 4.28. The van der Waals surface area contributed by atoms with E-state index in [4.69, 9.17) is 0 Å². The van der Waals surface area contributed by atoms with E-state index in [0.29, 0.717) is 24.9 Å². The molecule has 2 saturated heterocycles. The second-order valence-electron chi connectivity index (χ2n) is 5.65. The second kappa shape index (κ2) is 7.68. The van der Waals surface area contributed by atoms with Crippen molar-refractivity contribution in [2.45, 2.75) is 12.6 Å². The summed E-state index contributed by atoms with van der Waals surface area (Å²) >= 11 is 0. The lowest BCUT2D eigenvalue weighted by Crippen LogP contribution is -2.43. The molecule has 0 radical (unpaired) electrons. The summed E-state index contributed by atoms with van der Waals surface area (Å²) in [5, 5.41) is 3.31. The van der Waals surface area contributed by atoms with E-state index in [1.54, 1.807) is 4.90 Å². The Bertz CT molecular complexity index is 539. The number of nitrogens with zero attached hydrogens (tertiary/aromatic N) is 2. The van der Waals surface area contributed by atoms with Crippen molar-refractivity contribution in [1.82, 2.24) is 15.2 Å². The summed E-state index contributed by atoms with van der Waals surface area (Å²) in [5.41, 5.74) is -0.759. The van der Waals surface area contributed by atoms with E-state index in [0.717, 1.165) is 31.8 Å². The number of alkyl halides is 3. The smallest absolute Gasteiger partial charge is 0.338 e. The maximum Gasteiger partial charge on any atom is 0.433 e. The normalized spacial score (nSPS) is 23.5. The number of pyridine rings is 1. The molecule has 1 N–H and O–H groups in total. The predicted octanol–water partition coefficient (Wildman–Crippen LogP) is 2.63. The molecule has 1 aromatic rings. The monoisotopic (exact) mass is 371 g/mol. The lowest BCUT2D eigenvalue weighted by atomic mass is 9.88. The Morgan fingerprint density at radius 1 is 1.22 bits per heavy atom. The van der Waals surface area contributed by atoms with Crippen molar-refractivity contribution < 1.29 is 18.0 Å². The van der Waals surface area contributed by atoms with E-state index in [1.165, 1.54) is 6.07 Å². The summed E-state index contributed by atoms with van der Waals surface area (Å²) < 4.78 is 37.4. The van der Waals surface area contributed by atoms with Crippen LogP contribution < -0.4 is 5.32 Å². The highest BCUT2D eigenvalue weighted by molar-refractivity contribution is 5.94. The first-order valence-corrected chi connectivity index (χ1v) is 6.98. The van der Waals surface area contributed by atoms with E-state index in [2.05, 4.69) is 10.3 Å². The van der Waals surface area contributed by atoms with Crippen LogP contribution in [0.5, 0.6) is 0 Å². The van der Waals surface area contributed by atoms with Crippen molar-refractivity contribution >= 4 is 30.7 Å². The Morgan fingerprint density at radius 3 is 2.52 bits per heavy atom. The summed E-state index contributed by atoms with van der Waals surface area (Å²) in [6.07, 6.45) is -2.52. The van der Waals surface area contributed by atoms with Gasteiger partial charge in [-0.1, -0.05) is 0 Å². The van der Waals surface area contributed by atoms with Crippen LogP contribution >= 0.6 is 24.8 Å². The average molecular weight is 372 g/mol. The number of amides is 1. The van der Waals surface area contributed by atoms with Gasteiger partial charge in [0.05, 0.1) is 5.56 Å². The molecular formula is C14H18Cl2F3N3O. The SMILES string of the molecule is Cl.Cl.O=C(c1ccc(C(F)(F)F)nc1)N1CCC2CNCC2C1. The number of rotatable bonds is 1. The standard InChI is InChI=1S/C14H16F3N3O.2ClH/c15-14(16,17)12-2-1-10(7-19-12)13(21)20-4-3-9-5-18-6-11(9)8-20;;/h1-2,7,9,11,18H,3-6,8H2;2*1H. The summed E-state index contributed by atoms with van der Waals surface area (Å²) in [6, 6.07) is 2.06. The first kappa shape index (κ1) is 20.0. The van der Waals surface area contributed by atoms with Gasteiger partial charge in [0.25, 0.3) is 5.91 Å². The number of fused-ring (bicyclic) bond motifs is 1. The topological polar surface area (TPSA) is 45.2 Å². The minimum atomic E-state index is -4.48. The second-order valence-corrected chi connectivity index (χ2v) is 5.65. The third-order valence-electron chi connectivity index (χ3n) is 4.29. The molecule has 0 spiro atoms. The van der Waals surface area contributed by atoms with Crippen LogP contribution in [0.25, 0.3) is 0 Å².